The molecule has 1 rings (SSSR count). The van der Waals surface area contributed by atoms with Crippen LogP contribution in [-0.2, 0) is 6.42 Å². The molecule has 0 aliphatic heterocycles. The van der Waals surface area contributed by atoms with Crippen LogP contribution in [0, 0.1) is 12.7 Å². The van der Waals surface area contributed by atoms with E-state index in [0.717, 1.165) is 12.1 Å². The Morgan fingerprint density at radius 3 is 2.38 bits per heavy atom. The number of hydrogen-bond acceptors (Lipinski definition) is 1. The summed E-state index contributed by atoms with van der Waals surface area (Å²) in [5.41, 5.74) is 0.0416. The molecule has 0 aliphatic rings. The Kier molecular flexibility index (Phi) is 3.91. The molecule has 0 spiro atoms. The number of alkyl halides is 3. The third kappa shape index (κ3) is 3.42. The molecular formula is C10H7ClF4S. The van der Waals surface area contributed by atoms with E-state index in [1.807, 2.05) is 0 Å². The maximum Gasteiger partial charge on any atom is 0.393 e. The van der Waals surface area contributed by atoms with Gasteiger partial charge in [0.25, 0.3) is 0 Å². The Labute approximate surface area is 100 Å². The quantitative estimate of drug-likeness (QED) is 0.442. The predicted octanol–water partition coefficient (Wildman–Crippen LogP) is 4.15. The molecule has 0 bridgehead atoms. The molecule has 0 aliphatic carbocycles. The van der Waals surface area contributed by atoms with Crippen LogP contribution in [-0.4, -0.2) is 10.5 Å². The van der Waals surface area contributed by atoms with Crippen LogP contribution in [0.15, 0.2) is 12.1 Å². The lowest BCUT2D eigenvalue weighted by atomic mass is 10.0. The first-order valence-electron chi connectivity index (χ1n) is 4.26. The molecule has 0 nitrogen and oxygen atoms in total. The van der Waals surface area contributed by atoms with Gasteiger partial charge in [-0.25, -0.2) is 4.39 Å². The number of aryl methyl sites for hydroxylation is 1. The summed E-state index contributed by atoms with van der Waals surface area (Å²) < 4.78 is 49.6. The first-order valence-corrected chi connectivity index (χ1v) is 5.05. The van der Waals surface area contributed by atoms with Crippen molar-refractivity contribution in [3.63, 3.8) is 0 Å². The highest BCUT2D eigenvalue weighted by molar-refractivity contribution is 7.83. The van der Waals surface area contributed by atoms with Gasteiger partial charge in [-0.2, -0.15) is 13.2 Å². The van der Waals surface area contributed by atoms with E-state index in [2.05, 4.69) is 12.2 Å². The van der Waals surface area contributed by atoms with E-state index in [0.29, 0.717) is 0 Å². The molecule has 0 fully saturated rings. The molecular weight excluding hydrogens is 264 g/mol. The molecule has 1 aromatic rings. The zero-order valence-electron chi connectivity index (χ0n) is 8.16. The van der Waals surface area contributed by atoms with Gasteiger partial charge in [-0.15, -0.1) is 0 Å². The second-order valence-electron chi connectivity index (χ2n) is 3.32. The molecule has 0 amide bonds. The number of halogens is 5. The van der Waals surface area contributed by atoms with Crippen LogP contribution < -0.4 is 0 Å². The van der Waals surface area contributed by atoms with E-state index in [1.54, 1.807) is 0 Å². The Bertz CT molecular complexity index is 426. The van der Waals surface area contributed by atoms with Gasteiger partial charge >= 0.3 is 6.18 Å². The molecule has 6 heteroatoms. The van der Waals surface area contributed by atoms with Crippen molar-refractivity contribution in [1.29, 1.82) is 0 Å². The second-order valence-corrected chi connectivity index (χ2v) is 4.33. The minimum Gasteiger partial charge on any atom is -0.206 e. The largest absolute Gasteiger partial charge is 0.393 e. The molecule has 0 aromatic heterocycles. The number of hydrogen-bond donors (Lipinski definition) is 0. The molecule has 0 unspecified atom stereocenters. The van der Waals surface area contributed by atoms with Gasteiger partial charge in [-0.1, -0.05) is 23.8 Å². The summed E-state index contributed by atoms with van der Waals surface area (Å²) in [7, 11) is 0. The maximum absolute atomic E-state index is 13.3. The average molecular weight is 271 g/mol. The van der Waals surface area contributed by atoms with Gasteiger partial charge in [0.15, 0.2) is 0 Å². The fraction of sp³-hybridized carbons (Fsp3) is 0.300. The monoisotopic (exact) mass is 270 g/mol. The van der Waals surface area contributed by atoms with Crippen LogP contribution in [0.2, 0.25) is 0 Å². The molecule has 0 N–H and O–H groups in total. The third-order valence-corrected chi connectivity index (χ3v) is 2.45. The normalized spacial score (nSPS) is 11.6. The Morgan fingerprint density at radius 1 is 1.38 bits per heavy atom. The average Bonchev–Trinajstić information content (AvgIpc) is 2.07. The fourth-order valence-corrected chi connectivity index (χ4v) is 1.58. The molecule has 88 valence electrons. The molecule has 1 aromatic carbocycles. The van der Waals surface area contributed by atoms with Crippen LogP contribution >= 0.6 is 23.8 Å². The van der Waals surface area contributed by atoms with Gasteiger partial charge in [0, 0.05) is 5.56 Å². The first kappa shape index (κ1) is 13.4. The first-order chi connectivity index (χ1) is 7.20. The Balaban J connectivity index is 3.20. The van der Waals surface area contributed by atoms with Crippen LogP contribution in [0.4, 0.5) is 17.6 Å². The minimum atomic E-state index is -4.34. The SMILES string of the molecule is Cc1cc(F)c(C(=S)Cl)cc1CC(F)(F)F. The van der Waals surface area contributed by atoms with E-state index in [-0.39, 0.29) is 21.0 Å². The van der Waals surface area contributed by atoms with Crippen molar-refractivity contribution in [2.75, 3.05) is 0 Å². The molecule has 0 saturated heterocycles. The van der Waals surface area contributed by atoms with Gasteiger partial charge in [-0.3, -0.25) is 0 Å². The smallest absolute Gasteiger partial charge is 0.206 e. The van der Waals surface area contributed by atoms with E-state index >= 15 is 0 Å². The highest BCUT2D eigenvalue weighted by Gasteiger charge is 2.29. The Morgan fingerprint density at radius 2 is 1.94 bits per heavy atom. The van der Waals surface area contributed by atoms with E-state index in [9.17, 15) is 17.6 Å². The van der Waals surface area contributed by atoms with Crippen molar-refractivity contribution >= 4 is 28.1 Å². The van der Waals surface area contributed by atoms with Crippen molar-refractivity contribution < 1.29 is 17.6 Å². The van der Waals surface area contributed by atoms with Crippen molar-refractivity contribution in [3.8, 4) is 0 Å². The lowest BCUT2D eigenvalue weighted by Gasteiger charge is -2.11. The highest BCUT2D eigenvalue weighted by atomic mass is 35.5. The summed E-state index contributed by atoms with van der Waals surface area (Å²) in [5.74, 6) is -0.705. The van der Waals surface area contributed by atoms with E-state index < -0.39 is 18.4 Å². The summed E-state index contributed by atoms with van der Waals surface area (Å²) in [4.78, 5) is 0. The predicted molar refractivity (Wildman–Crippen MR) is 58.4 cm³/mol. The van der Waals surface area contributed by atoms with Gasteiger partial charge in [-0.05, 0) is 30.2 Å². The second kappa shape index (κ2) is 4.67. The van der Waals surface area contributed by atoms with Crippen LogP contribution in [0.25, 0.3) is 0 Å². The number of rotatable bonds is 2. The van der Waals surface area contributed by atoms with E-state index in [1.165, 1.54) is 6.92 Å². The summed E-state index contributed by atoms with van der Waals surface area (Å²) in [6, 6.07) is 2.05. The van der Waals surface area contributed by atoms with Crippen molar-refractivity contribution in [2.45, 2.75) is 19.5 Å². The zero-order valence-corrected chi connectivity index (χ0v) is 9.73. The van der Waals surface area contributed by atoms with Gasteiger partial charge in [0.05, 0.1) is 6.42 Å². The lowest BCUT2D eigenvalue weighted by molar-refractivity contribution is -0.127. The molecule has 0 heterocycles. The van der Waals surface area contributed by atoms with Crippen LogP contribution in [0.5, 0.6) is 0 Å². The number of thiocarbonyl (C=S) groups is 1. The highest BCUT2D eigenvalue weighted by Crippen LogP contribution is 2.25. The minimum absolute atomic E-state index is 0.0214. The Hall–Kier alpha value is -0.680. The summed E-state index contributed by atoms with van der Waals surface area (Å²) >= 11 is 9.95. The molecule has 0 radical (unpaired) electrons. The molecule has 0 atom stereocenters. The van der Waals surface area contributed by atoms with Crippen LogP contribution in [0.1, 0.15) is 16.7 Å². The molecule has 16 heavy (non-hydrogen) atoms. The van der Waals surface area contributed by atoms with Crippen molar-refractivity contribution in [1.82, 2.24) is 0 Å². The third-order valence-electron chi connectivity index (χ3n) is 2.03. The van der Waals surface area contributed by atoms with Crippen molar-refractivity contribution in [2.24, 2.45) is 0 Å². The summed E-state index contributed by atoms with van der Waals surface area (Å²) in [6.07, 6.45) is -5.46. The van der Waals surface area contributed by atoms with Gasteiger partial charge in [0.2, 0.25) is 0 Å². The van der Waals surface area contributed by atoms with E-state index in [4.69, 9.17) is 11.6 Å². The van der Waals surface area contributed by atoms with Gasteiger partial charge < -0.3 is 0 Å². The van der Waals surface area contributed by atoms with Crippen LogP contribution in [0.3, 0.4) is 0 Å². The summed E-state index contributed by atoms with van der Waals surface area (Å²) in [5, 5.41) is 0. The standard InChI is InChI=1S/C10H7ClF4S/c1-5-2-8(12)7(9(11)16)3-6(5)4-10(13,14)15/h2-3H,4H2,1H3. The zero-order chi connectivity index (χ0) is 12.5. The fourth-order valence-electron chi connectivity index (χ4n) is 1.27. The maximum atomic E-state index is 13.3. The van der Waals surface area contributed by atoms with Gasteiger partial charge in [0.1, 0.15) is 10.1 Å². The molecule has 0 saturated carbocycles. The van der Waals surface area contributed by atoms with Crippen molar-refractivity contribution in [3.05, 3.63) is 34.6 Å². The number of benzene rings is 1. The lowest BCUT2D eigenvalue weighted by Crippen LogP contribution is -2.13. The summed E-state index contributed by atoms with van der Waals surface area (Å²) in [6.45, 7) is 1.41. The topological polar surface area (TPSA) is 0 Å².